The Balaban J connectivity index is 1.54. The minimum absolute atomic E-state index is 0.484. The van der Waals surface area contributed by atoms with Crippen molar-refractivity contribution in [1.82, 2.24) is 4.98 Å². The van der Waals surface area contributed by atoms with E-state index in [4.69, 9.17) is 0 Å². The number of anilines is 2. The fourth-order valence-electron chi connectivity index (χ4n) is 2.77. The van der Waals surface area contributed by atoms with Gasteiger partial charge in [-0.05, 0) is 49.2 Å². The lowest BCUT2D eigenvalue weighted by molar-refractivity contribution is 0.523. The molecule has 5 heteroatoms. The average molecular weight is 315 g/mol. The summed E-state index contributed by atoms with van der Waals surface area (Å²) < 4.78 is 11.4. The fourth-order valence-corrected chi connectivity index (χ4v) is 3.29. The number of rotatable bonds is 4. The molecule has 1 fully saturated rings. The monoisotopic (exact) mass is 315 g/mol. The van der Waals surface area contributed by atoms with Gasteiger partial charge in [0.15, 0.2) is 0 Å². The van der Waals surface area contributed by atoms with Gasteiger partial charge in [-0.15, -0.1) is 0 Å². The number of nitrogens with zero attached hydrogens (tertiary/aromatic N) is 2. The highest BCUT2D eigenvalue weighted by atomic mass is 32.2. The van der Waals surface area contributed by atoms with E-state index in [-0.39, 0.29) is 0 Å². The number of nitrogens with one attached hydrogen (secondary N) is 1. The van der Waals surface area contributed by atoms with Crippen LogP contribution in [0.5, 0.6) is 0 Å². The second-order valence-corrected chi connectivity index (χ2v) is 6.95. The van der Waals surface area contributed by atoms with Gasteiger partial charge in [0.05, 0.1) is 0 Å². The fraction of sp³-hybridized carbons (Fsp3) is 0.353. The molecule has 2 heterocycles. The molecule has 1 atom stereocenters. The van der Waals surface area contributed by atoms with Gasteiger partial charge in [0.2, 0.25) is 0 Å². The molecular formula is C17H21N3OS. The first kappa shape index (κ1) is 15.0. The van der Waals surface area contributed by atoms with Gasteiger partial charge in [-0.2, -0.15) is 0 Å². The normalized spacial score (nSPS) is 17.2. The first-order valence-electron chi connectivity index (χ1n) is 7.58. The van der Waals surface area contributed by atoms with Crippen molar-refractivity contribution >= 4 is 22.3 Å². The molecule has 0 radical (unpaired) electrons. The molecule has 1 N–H and O–H groups in total. The Morgan fingerprint density at radius 1 is 1.14 bits per heavy atom. The maximum absolute atomic E-state index is 11.4. The predicted molar refractivity (Wildman–Crippen MR) is 91.9 cm³/mol. The maximum Gasteiger partial charge on any atom is 0.128 e. The van der Waals surface area contributed by atoms with E-state index in [1.54, 1.807) is 6.26 Å². The predicted octanol–water partition coefficient (Wildman–Crippen LogP) is 2.90. The van der Waals surface area contributed by atoms with Crippen LogP contribution in [-0.4, -0.2) is 34.6 Å². The lowest BCUT2D eigenvalue weighted by Gasteiger charge is -2.33. The molecule has 2 aromatic rings. The van der Waals surface area contributed by atoms with Crippen LogP contribution in [0.2, 0.25) is 0 Å². The molecule has 1 unspecified atom stereocenters. The molecule has 0 amide bonds. The molecule has 0 aliphatic carbocycles. The largest absolute Gasteiger partial charge is 0.382 e. The van der Waals surface area contributed by atoms with Crippen LogP contribution in [0.15, 0.2) is 53.6 Å². The van der Waals surface area contributed by atoms with Crippen molar-refractivity contribution in [3.63, 3.8) is 0 Å². The molecule has 3 rings (SSSR count). The Bertz CT molecular complexity index is 622. The number of benzene rings is 1. The Kier molecular flexibility index (Phi) is 4.73. The Hall–Kier alpha value is -1.88. The molecule has 0 spiro atoms. The molecule has 0 saturated carbocycles. The van der Waals surface area contributed by atoms with Gasteiger partial charge in [-0.25, -0.2) is 4.98 Å². The number of hydrogen-bond donors (Lipinski definition) is 1. The highest BCUT2D eigenvalue weighted by Gasteiger charge is 2.19. The highest BCUT2D eigenvalue weighted by molar-refractivity contribution is 7.84. The second-order valence-electron chi connectivity index (χ2n) is 5.57. The molecule has 1 aromatic heterocycles. The van der Waals surface area contributed by atoms with Crippen LogP contribution in [0, 0.1) is 0 Å². The Labute approximate surface area is 134 Å². The zero-order chi connectivity index (χ0) is 15.4. The number of aromatic nitrogens is 1. The summed E-state index contributed by atoms with van der Waals surface area (Å²) in [5.41, 5.74) is 1.10. The van der Waals surface area contributed by atoms with Crippen LogP contribution < -0.4 is 10.2 Å². The molecular weight excluding hydrogens is 294 g/mol. The highest BCUT2D eigenvalue weighted by Crippen LogP contribution is 2.21. The van der Waals surface area contributed by atoms with E-state index < -0.39 is 10.8 Å². The van der Waals surface area contributed by atoms with Crippen LogP contribution in [0.3, 0.4) is 0 Å². The lowest BCUT2D eigenvalue weighted by Crippen LogP contribution is -2.39. The van der Waals surface area contributed by atoms with E-state index in [9.17, 15) is 4.21 Å². The third-order valence-electron chi connectivity index (χ3n) is 4.03. The van der Waals surface area contributed by atoms with E-state index >= 15 is 0 Å². The summed E-state index contributed by atoms with van der Waals surface area (Å²) in [4.78, 5) is 7.62. The van der Waals surface area contributed by atoms with Gasteiger partial charge in [-0.1, -0.05) is 6.07 Å². The van der Waals surface area contributed by atoms with Crippen molar-refractivity contribution < 1.29 is 4.21 Å². The molecule has 1 aliphatic heterocycles. The maximum atomic E-state index is 11.4. The zero-order valence-electron chi connectivity index (χ0n) is 12.7. The average Bonchev–Trinajstić information content (AvgIpc) is 2.57. The van der Waals surface area contributed by atoms with E-state index in [1.807, 2.05) is 42.6 Å². The van der Waals surface area contributed by atoms with Crippen molar-refractivity contribution in [2.45, 2.75) is 23.8 Å². The van der Waals surface area contributed by atoms with Crippen LogP contribution in [0.1, 0.15) is 12.8 Å². The molecule has 22 heavy (non-hydrogen) atoms. The van der Waals surface area contributed by atoms with Gasteiger partial charge in [0, 0.05) is 53.0 Å². The third kappa shape index (κ3) is 3.65. The lowest BCUT2D eigenvalue weighted by atomic mass is 10.0. The molecule has 0 bridgehead atoms. The minimum atomic E-state index is -0.911. The van der Waals surface area contributed by atoms with Crippen LogP contribution in [0.4, 0.5) is 11.5 Å². The van der Waals surface area contributed by atoms with Gasteiger partial charge in [0.1, 0.15) is 5.82 Å². The van der Waals surface area contributed by atoms with Gasteiger partial charge in [0.25, 0.3) is 0 Å². The van der Waals surface area contributed by atoms with Crippen molar-refractivity contribution in [2.24, 2.45) is 0 Å². The quantitative estimate of drug-likeness (QED) is 0.942. The summed E-state index contributed by atoms with van der Waals surface area (Å²) in [6, 6.07) is 14.4. The summed E-state index contributed by atoms with van der Waals surface area (Å²) in [5, 5.41) is 3.57. The van der Waals surface area contributed by atoms with Crippen molar-refractivity contribution in [3.05, 3.63) is 48.7 Å². The van der Waals surface area contributed by atoms with Crippen LogP contribution >= 0.6 is 0 Å². The molecule has 116 valence electrons. The van der Waals surface area contributed by atoms with Crippen molar-refractivity contribution in [3.8, 4) is 0 Å². The van der Waals surface area contributed by atoms with E-state index in [0.717, 1.165) is 42.3 Å². The first-order chi connectivity index (χ1) is 10.7. The topological polar surface area (TPSA) is 45.2 Å². The summed E-state index contributed by atoms with van der Waals surface area (Å²) in [6.07, 6.45) is 5.74. The smallest absolute Gasteiger partial charge is 0.128 e. The number of pyridine rings is 1. The van der Waals surface area contributed by atoms with Gasteiger partial charge < -0.3 is 10.2 Å². The summed E-state index contributed by atoms with van der Waals surface area (Å²) >= 11 is 0. The van der Waals surface area contributed by atoms with E-state index in [2.05, 4.69) is 21.3 Å². The van der Waals surface area contributed by atoms with Crippen molar-refractivity contribution in [2.75, 3.05) is 29.6 Å². The molecule has 4 nitrogen and oxygen atoms in total. The zero-order valence-corrected chi connectivity index (χ0v) is 13.6. The molecule has 1 saturated heterocycles. The molecule has 1 aromatic carbocycles. The summed E-state index contributed by atoms with van der Waals surface area (Å²) in [7, 11) is -0.911. The van der Waals surface area contributed by atoms with Gasteiger partial charge in [-0.3, -0.25) is 4.21 Å². The van der Waals surface area contributed by atoms with Crippen LogP contribution in [0.25, 0.3) is 0 Å². The standard InChI is InChI=1S/C17H21N3OS/c1-22(21)16-7-5-14(6-8-16)19-15-9-12-20(13-10-15)17-4-2-3-11-18-17/h2-8,11,15,19H,9-10,12-13H2,1H3. The first-order valence-corrected chi connectivity index (χ1v) is 9.14. The SMILES string of the molecule is CS(=O)c1ccc(NC2CCN(c3ccccn3)CC2)cc1. The number of hydrogen-bond acceptors (Lipinski definition) is 4. The molecule has 1 aliphatic rings. The third-order valence-corrected chi connectivity index (χ3v) is 4.96. The minimum Gasteiger partial charge on any atom is -0.382 e. The van der Waals surface area contributed by atoms with Crippen LogP contribution in [-0.2, 0) is 10.8 Å². The Morgan fingerprint density at radius 3 is 2.45 bits per heavy atom. The van der Waals surface area contributed by atoms with Crippen molar-refractivity contribution in [1.29, 1.82) is 0 Å². The summed E-state index contributed by atoms with van der Waals surface area (Å²) in [6.45, 7) is 2.04. The van der Waals surface area contributed by atoms with E-state index in [0.29, 0.717) is 6.04 Å². The summed E-state index contributed by atoms with van der Waals surface area (Å²) in [5.74, 6) is 1.07. The van der Waals surface area contributed by atoms with E-state index in [1.165, 1.54) is 0 Å². The number of piperidine rings is 1. The Morgan fingerprint density at radius 2 is 1.86 bits per heavy atom. The second kappa shape index (κ2) is 6.92. The van der Waals surface area contributed by atoms with Gasteiger partial charge >= 0.3 is 0 Å².